The molecule has 1 aliphatic heterocycles. The van der Waals surface area contributed by atoms with Gasteiger partial charge in [0.15, 0.2) is 0 Å². The Balaban J connectivity index is 1.88. The highest BCUT2D eigenvalue weighted by Gasteiger charge is 2.33. The minimum absolute atomic E-state index is 0.0185. The minimum Gasteiger partial charge on any atom is -0.496 e. The van der Waals surface area contributed by atoms with Crippen molar-refractivity contribution in [2.24, 2.45) is 0 Å². The number of aromatic nitrogens is 1. The fourth-order valence-electron chi connectivity index (χ4n) is 2.87. The van der Waals surface area contributed by atoms with Crippen LogP contribution in [-0.4, -0.2) is 35.7 Å². The van der Waals surface area contributed by atoms with E-state index in [1.807, 2.05) is 40.8 Å². The number of thiazole rings is 1. The SMILES string of the molecule is COc1ccccc1C1CCCN1C(=O)c1csc(SC)n1. The average Bonchev–Trinajstić information content (AvgIpc) is 3.23. The zero-order valence-electron chi connectivity index (χ0n) is 12.6. The molecule has 3 rings (SSSR count). The van der Waals surface area contributed by atoms with Gasteiger partial charge < -0.3 is 9.64 Å². The molecule has 22 heavy (non-hydrogen) atoms. The van der Waals surface area contributed by atoms with Crippen LogP contribution in [0.3, 0.4) is 0 Å². The summed E-state index contributed by atoms with van der Waals surface area (Å²) in [5.41, 5.74) is 1.63. The first-order chi connectivity index (χ1) is 10.7. The van der Waals surface area contributed by atoms with Crippen molar-refractivity contribution in [3.63, 3.8) is 0 Å². The standard InChI is InChI=1S/C16H18N2O2S2/c1-20-14-8-4-3-6-11(14)13-7-5-9-18(13)15(19)12-10-22-16(17-12)21-2/h3-4,6,8,10,13H,5,7,9H2,1-2H3. The van der Waals surface area contributed by atoms with Gasteiger partial charge >= 0.3 is 0 Å². The molecule has 2 heterocycles. The molecular weight excluding hydrogens is 316 g/mol. The Kier molecular flexibility index (Phi) is 4.69. The molecule has 1 saturated heterocycles. The molecule has 0 saturated carbocycles. The molecule has 116 valence electrons. The highest BCUT2D eigenvalue weighted by Crippen LogP contribution is 2.37. The van der Waals surface area contributed by atoms with Crippen LogP contribution in [0.1, 0.15) is 34.9 Å². The Morgan fingerprint density at radius 2 is 2.27 bits per heavy atom. The molecule has 6 heteroatoms. The fourth-order valence-corrected chi connectivity index (χ4v) is 4.11. The van der Waals surface area contributed by atoms with Crippen molar-refractivity contribution in [1.29, 1.82) is 0 Å². The number of likely N-dealkylation sites (tertiary alicyclic amines) is 1. The van der Waals surface area contributed by atoms with Crippen molar-refractivity contribution in [2.75, 3.05) is 19.9 Å². The van der Waals surface area contributed by atoms with Crippen LogP contribution in [0, 0.1) is 0 Å². The molecule has 1 aromatic heterocycles. The Labute approximate surface area is 138 Å². The van der Waals surface area contributed by atoms with E-state index >= 15 is 0 Å². The molecule has 1 aliphatic rings. The van der Waals surface area contributed by atoms with E-state index in [0.29, 0.717) is 5.69 Å². The summed E-state index contributed by atoms with van der Waals surface area (Å²) in [5.74, 6) is 0.861. The number of methoxy groups -OCH3 is 1. The van der Waals surface area contributed by atoms with Gasteiger partial charge in [0, 0.05) is 17.5 Å². The molecule has 4 nitrogen and oxygen atoms in total. The lowest BCUT2D eigenvalue weighted by Crippen LogP contribution is -2.31. The van der Waals surface area contributed by atoms with Gasteiger partial charge in [0.05, 0.1) is 13.2 Å². The van der Waals surface area contributed by atoms with Gasteiger partial charge in [-0.15, -0.1) is 11.3 Å². The monoisotopic (exact) mass is 334 g/mol. The van der Waals surface area contributed by atoms with Crippen molar-refractivity contribution in [3.05, 3.63) is 40.9 Å². The predicted molar refractivity (Wildman–Crippen MR) is 89.9 cm³/mol. The number of nitrogens with zero attached hydrogens (tertiary/aromatic N) is 2. The topological polar surface area (TPSA) is 42.4 Å². The number of para-hydroxylation sites is 1. The first-order valence-electron chi connectivity index (χ1n) is 7.18. The molecule has 0 N–H and O–H groups in total. The number of carbonyl (C=O) groups excluding carboxylic acids is 1. The maximum atomic E-state index is 12.8. The Morgan fingerprint density at radius 3 is 3.00 bits per heavy atom. The average molecular weight is 334 g/mol. The van der Waals surface area contributed by atoms with E-state index in [-0.39, 0.29) is 11.9 Å². The summed E-state index contributed by atoms with van der Waals surface area (Å²) >= 11 is 3.09. The van der Waals surface area contributed by atoms with Crippen molar-refractivity contribution in [3.8, 4) is 5.75 Å². The van der Waals surface area contributed by atoms with Crippen molar-refractivity contribution < 1.29 is 9.53 Å². The van der Waals surface area contributed by atoms with Crippen molar-refractivity contribution in [2.45, 2.75) is 23.2 Å². The van der Waals surface area contributed by atoms with Gasteiger partial charge in [-0.2, -0.15) is 0 Å². The maximum absolute atomic E-state index is 12.8. The number of thioether (sulfide) groups is 1. The van der Waals surface area contributed by atoms with Crippen LogP contribution in [0.5, 0.6) is 5.75 Å². The van der Waals surface area contributed by atoms with Gasteiger partial charge in [-0.1, -0.05) is 30.0 Å². The summed E-state index contributed by atoms with van der Waals surface area (Å²) in [5, 5.41) is 1.85. The van der Waals surface area contributed by atoms with E-state index in [9.17, 15) is 4.79 Å². The number of amides is 1. The van der Waals surface area contributed by atoms with Gasteiger partial charge in [0.2, 0.25) is 0 Å². The van der Waals surface area contributed by atoms with Crippen LogP contribution in [0.15, 0.2) is 34.0 Å². The first kappa shape index (κ1) is 15.4. The largest absolute Gasteiger partial charge is 0.496 e. The summed E-state index contributed by atoms with van der Waals surface area (Å²) in [6.45, 7) is 0.772. The third-order valence-corrected chi connectivity index (χ3v) is 5.75. The Hall–Kier alpha value is -1.53. The number of rotatable bonds is 4. The molecule has 0 radical (unpaired) electrons. The Morgan fingerprint density at radius 1 is 1.45 bits per heavy atom. The minimum atomic E-state index is 0.0185. The van der Waals surface area contributed by atoms with E-state index < -0.39 is 0 Å². The summed E-state index contributed by atoms with van der Waals surface area (Å²) in [6, 6.07) is 8.01. The van der Waals surface area contributed by atoms with Gasteiger partial charge in [-0.3, -0.25) is 4.79 Å². The summed E-state index contributed by atoms with van der Waals surface area (Å²) in [7, 11) is 1.67. The lowest BCUT2D eigenvalue weighted by Gasteiger charge is -2.25. The lowest BCUT2D eigenvalue weighted by molar-refractivity contribution is 0.0728. The molecule has 1 unspecified atom stereocenters. The second kappa shape index (κ2) is 6.71. The highest BCUT2D eigenvalue weighted by molar-refractivity contribution is 8.00. The molecule has 0 spiro atoms. The molecule has 0 bridgehead atoms. The van der Waals surface area contributed by atoms with Crippen LogP contribution in [0.2, 0.25) is 0 Å². The molecule has 0 aliphatic carbocycles. The maximum Gasteiger partial charge on any atom is 0.273 e. The van der Waals surface area contributed by atoms with E-state index in [2.05, 4.69) is 4.98 Å². The van der Waals surface area contributed by atoms with Crippen LogP contribution in [0.25, 0.3) is 0 Å². The van der Waals surface area contributed by atoms with Gasteiger partial charge in [-0.05, 0) is 25.2 Å². The number of benzene rings is 1. The molecular formula is C16H18N2O2S2. The normalized spacial score (nSPS) is 17.7. The summed E-state index contributed by atoms with van der Waals surface area (Å²) in [6.07, 6.45) is 3.94. The van der Waals surface area contributed by atoms with E-state index in [1.54, 1.807) is 18.9 Å². The van der Waals surface area contributed by atoms with Crippen LogP contribution >= 0.6 is 23.1 Å². The lowest BCUT2D eigenvalue weighted by atomic mass is 10.0. The van der Waals surface area contributed by atoms with Crippen molar-refractivity contribution in [1.82, 2.24) is 9.88 Å². The smallest absolute Gasteiger partial charge is 0.273 e. The first-order valence-corrected chi connectivity index (χ1v) is 9.28. The highest BCUT2D eigenvalue weighted by atomic mass is 32.2. The van der Waals surface area contributed by atoms with Gasteiger partial charge in [0.1, 0.15) is 15.8 Å². The van der Waals surface area contributed by atoms with Crippen molar-refractivity contribution >= 4 is 29.0 Å². The fraction of sp³-hybridized carbons (Fsp3) is 0.375. The summed E-state index contributed by atoms with van der Waals surface area (Å²) in [4.78, 5) is 19.1. The van der Waals surface area contributed by atoms with Crippen LogP contribution in [-0.2, 0) is 0 Å². The van der Waals surface area contributed by atoms with Gasteiger partial charge in [0.25, 0.3) is 5.91 Å². The van der Waals surface area contributed by atoms with E-state index in [1.165, 1.54) is 11.3 Å². The number of ether oxygens (including phenoxy) is 1. The molecule has 1 atom stereocenters. The third kappa shape index (κ3) is 2.85. The number of hydrogen-bond acceptors (Lipinski definition) is 5. The quantitative estimate of drug-likeness (QED) is 0.797. The van der Waals surface area contributed by atoms with Crippen LogP contribution in [0.4, 0.5) is 0 Å². The number of hydrogen-bond donors (Lipinski definition) is 0. The van der Waals surface area contributed by atoms with E-state index in [0.717, 1.165) is 35.0 Å². The zero-order chi connectivity index (χ0) is 15.5. The second-order valence-corrected chi connectivity index (χ2v) is 7.01. The zero-order valence-corrected chi connectivity index (χ0v) is 14.2. The molecule has 2 aromatic rings. The third-order valence-electron chi connectivity index (χ3n) is 3.89. The molecule has 1 amide bonds. The molecule has 1 aromatic carbocycles. The van der Waals surface area contributed by atoms with E-state index in [4.69, 9.17) is 4.74 Å². The predicted octanol–water partition coefficient (Wildman–Crippen LogP) is 3.85. The summed E-state index contributed by atoms with van der Waals surface area (Å²) < 4.78 is 6.39. The Bertz CT molecular complexity index is 672. The second-order valence-electron chi connectivity index (χ2n) is 5.10. The van der Waals surface area contributed by atoms with Gasteiger partial charge in [-0.25, -0.2) is 4.98 Å². The van der Waals surface area contributed by atoms with Crippen LogP contribution < -0.4 is 4.74 Å². The number of carbonyl (C=O) groups is 1. The molecule has 1 fully saturated rings.